The van der Waals surface area contributed by atoms with E-state index in [-0.39, 0.29) is 5.91 Å². The van der Waals surface area contributed by atoms with Crippen LogP contribution in [0.4, 0.5) is 0 Å². The van der Waals surface area contributed by atoms with Gasteiger partial charge in [-0.2, -0.15) is 0 Å². The minimum absolute atomic E-state index is 0.185. The van der Waals surface area contributed by atoms with E-state index in [1.54, 1.807) is 0 Å². The predicted octanol–water partition coefficient (Wildman–Crippen LogP) is 4.35. The standard InChI is InChI=1S/C17H27NO/c1-5-7-11-18(12-8-6-2)17(19)16-10-9-14(3)15(4)13-16/h9-10,13H,5-8,11-12H2,1-4H3. The van der Waals surface area contributed by atoms with Crippen molar-refractivity contribution < 1.29 is 4.79 Å². The molecular formula is C17H27NO. The lowest BCUT2D eigenvalue weighted by Crippen LogP contribution is -2.33. The van der Waals surface area contributed by atoms with Gasteiger partial charge >= 0.3 is 0 Å². The Bertz CT molecular complexity index is 404. The Morgan fingerprint density at radius 3 is 2.05 bits per heavy atom. The fourth-order valence-corrected chi connectivity index (χ4v) is 2.07. The van der Waals surface area contributed by atoms with Crippen LogP contribution in [0.15, 0.2) is 18.2 Å². The first-order valence-corrected chi connectivity index (χ1v) is 7.46. The third-order valence-electron chi connectivity index (χ3n) is 3.60. The summed E-state index contributed by atoms with van der Waals surface area (Å²) in [5, 5.41) is 0. The van der Waals surface area contributed by atoms with Crippen molar-refractivity contribution >= 4 is 5.91 Å². The molecule has 0 unspecified atom stereocenters. The molecule has 2 nitrogen and oxygen atoms in total. The molecule has 0 aliphatic rings. The summed E-state index contributed by atoms with van der Waals surface area (Å²) in [5.41, 5.74) is 3.26. The molecule has 0 aliphatic carbocycles. The highest BCUT2D eigenvalue weighted by molar-refractivity contribution is 5.94. The third kappa shape index (κ3) is 4.70. The molecule has 0 N–H and O–H groups in total. The number of rotatable bonds is 7. The molecule has 0 saturated heterocycles. The van der Waals surface area contributed by atoms with E-state index in [1.165, 1.54) is 11.1 Å². The molecule has 0 aromatic heterocycles. The van der Waals surface area contributed by atoms with Crippen LogP contribution < -0.4 is 0 Å². The van der Waals surface area contributed by atoms with Gasteiger partial charge in [-0.3, -0.25) is 4.79 Å². The maximum Gasteiger partial charge on any atom is 0.253 e. The average molecular weight is 261 g/mol. The fraction of sp³-hybridized carbons (Fsp3) is 0.588. The van der Waals surface area contributed by atoms with Crippen LogP contribution >= 0.6 is 0 Å². The predicted molar refractivity (Wildman–Crippen MR) is 81.6 cm³/mol. The number of carbonyl (C=O) groups excluding carboxylic acids is 1. The van der Waals surface area contributed by atoms with Crippen LogP contribution in [-0.2, 0) is 0 Å². The number of aryl methyl sites for hydroxylation is 2. The Balaban J connectivity index is 2.81. The second kappa shape index (κ2) is 7.98. The largest absolute Gasteiger partial charge is 0.339 e. The Kier molecular flexibility index (Phi) is 6.61. The van der Waals surface area contributed by atoms with Gasteiger partial charge in [-0.1, -0.05) is 32.8 Å². The Hall–Kier alpha value is -1.31. The smallest absolute Gasteiger partial charge is 0.253 e. The van der Waals surface area contributed by atoms with Gasteiger partial charge in [0.15, 0.2) is 0 Å². The second-order valence-electron chi connectivity index (χ2n) is 5.30. The van der Waals surface area contributed by atoms with E-state index in [2.05, 4.69) is 27.7 Å². The molecule has 1 aromatic rings. The van der Waals surface area contributed by atoms with Gasteiger partial charge in [0, 0.05) is 18.7 Å². The lowest BCUT2D eigenvalue weighted by atomic mass is 10.1. The first-order valence-electron chi connectivity index (χ1n) is 7.46. The van der Waals surface area contributed by atoms with Gasteiger partial charge in [0.1, 0.15) is 0 Å². The average Bonchev–Trinajstić information content (AvgIpc) is 2.41. The normalized spacial score (nSPS) is 10.5. The number of unbranched alkanes of at least 4 members (excludes halogenated alkanes) is 2. The molecule has 19 heavy (non-hydrogen) atoms. The quantitative estimate of drug-likeness (QED) is 0.714. The Labute approximate surface area is 117 Å². The molecule has 0 spiro atoms. The summed E-state index contributed by atoms with van der Waals surface area (Å²) >= 11 is 0. The van der Waals surface area contributed by atoms with Crippen molar-refractivity contribution in [3.63, 3.8) is 0 Å². The molecule has 0 atom stereocenters. The zero-order chi connectivity index (χ0) is 14.3. The molecule has 0 heterocycles. The van der Waals surface area contributed by atoms with Gasteiger partial charge < -0.3 is 4.90 Å². The topological polar surface area (TPSA) is 20.3 Å². The molecule has 0 fully saturated rings. The van der Waals surface area contributed by atoms with Crippen molar-refractivity contribution in [3.05, 3.63) is 34.9 Å². The van der Waals surface area contributed by atoms with Crippen molar-refractivity contribution in [2.24, 2.45) is 0 Å². The van der Waals surface area contributed by atoms with Gasteiger partial charge in [-0.05, 0) is 49.9 Å². The molecule has 0 radical (unpaired) electrons. The number of benzene rings is 1. The second-order valence-corrected chi connectivity index (χ2v) is 5.30. The molecule has 0 saturated carbocycles. The number of hydrogen-bond donors (Lipinski definition) is 0. The van der Waals surface area contributed by atoms with Gasteiger partial charge in [0.2, 0.25) is 0 Å². The zero-order valence-electron chi connectivity index (χ0n) is 12.8. The molecule has 0 aliphatic heterocycles. The molecule has 2 heteroatoms. The summed E-state index contributed by atoms with van der Waals surface area (Å²) in [7, 11) is 0. The number of carbonyl (C=O) groups is 1. The maximum atomic E-state index is 12.5. The van der Waals surface area contributed by atoms with Crippen molar-refractivity contribution in [1.82, 2.24) is 4.90 Å². The van der Waals surface area contributed by atoms with Gasteiger partial charge in [-0.25, -0.2) is 0 Å². The van der Waals surface area contributed by atoms with E-state index in [0.29, 0.717) is 0 Å². The van der Waals surface area contributed by atoms with Crippen LogP contribution in [-0.4, -0.2) is 23.9 Å². The minimum atomic E-state index is 0.185. The SMILES string of the molecule is CCCCN(CCCC)C(=O)c1ccc(C)c(C)c1. The monoisotopic (exact) mass is 261 g/mol. The molecule has 0 bridgehead atoms. The van der Waals surface area contributed by atoms with Gasteiger partial charge in [0.05, 0.1) is 0 Å². The highest BCUT2D eigenvalue weighted by Crippen LogP contribution is 2.13. The van der Waals surface area contributed by atoms with E-state index in [0.717, 1.165) is 44.3 Å². The van der Waals surface area contributed by atoms with Crippen molar-refractivity contribution in [2.75, 3.05) is 13.1 Å². The highest BCUT2D eigenvalue weighted by atomic mass is 16.2. The fourth-order valence-electron chi connectivity index (χ4n) is 2.07. The van der Waals surface area contributed by atoms with Crippen molar-refractivity contribution in [3.8, 4) is 0 Å². The van der Waals surface area contributed by atoms with Crippen LogP contribution in [0.25, 0.3) is 0 Å². The van der Waals surface area contributed by atoms with E-state index in [4.69, 9.17) is 0 Å². The number of hydrogen-bond acceptors (Lipinski definition) is 1. The molecule has 1 rings (SSSR count). The van der Waals surface area contributed by atoms with Crippen LogP contribution in [0.2, 0.25) is 0 Å². The van der Waals surface area contributed by atoms with Crippen molar-refractivity contribution in [1.29, 1.82) is 0 Å². The van der Waals surface area contributed by atoms with E-state index in [9.17, 15) is 4.79 Å². The Morgan fingerprint density at radius 2 is 1.58 bits per heavy atom. The maximum absolute atomic E-state index is 12.5. The summed E-state index contributed by atoms with van der Waals surface area (Å²) in [4.78, 5) is 14.6. The van der Waals surface area contributed by atoms with Gasteiger partial charge in [-0.15, -0.1) is 0 Å². The summed E-state index contributed by atoms with van der Waals surface area (Å²) in [6.07, 6.45) is 4.42. The zero-order valence-corrected chi connectivity index (χ0v) is 12.8. The Morgan fingerprint density at radius 1 is 1.00 bits per heavy atom. The summed E-state index contributed by atoms with van der Waals surface area (Å²) in [6.45, 7) is 10.2. The van der Waals surface area contributed by atoms with Gasteiger partial charge in [0.25, 0.3) is 5.91 Å². The first-order chi connectivity index (χ1) is 9.10. The van der Waals surface area contributed by atoms with E-state index in [1.807, 2.05) is 23.1 Å². The summed E-state index contributed by atoms with van der Waals surface area (Å²) < 4.78 is 0. The molecular weight excluding hydrogens is 234 g/mol. The molecule has 1 aromatic carbocycles. The van der Waals surface area contributed by atoms with Crippen LogP contribution in [0, 0.1) is 13.8 Å². The highest BCUT2D eigenvalue weighted by Gasteiger charge is 2.15. The molecule has 1 amide bonds. The summed E-state index contributed by atoms with van der Waals surface area (Å²) in [6, 6.07) is 6.01. The van der Waals surface area contributed by atoms with E-state index >= 15 is 0 Å². The number of amides is 1. The van der Waals surface area contributed by atoms with Crippen LogP contribution in [0.1, 0.15) is 61.0 Å². The lowest BCUT2D eigenvalue weighted by molar-refractivity contribution is 0.0751. The summed E-state index contributed by atoms with van der Waals surface area (Å²) in [5.74, 6) is 0.185. The number of nitrogens with zero attached hydrogens (tertiary/aromatic N) is 1. The minimum Gasteiger partial charge on any atom is -0.339 e. The lowest BCUT2D eigenvalue weighted by Gasteiger charge is -2.22. The molecule has 106 valence electrons. The van der Waals surface area contributed by atoms with Crippen molar-refractivity contribution in [2.45, 2.75) is 53.4 Å². The first kappa shape index (κ1) is 15.7. The van der Waals surface area contributed by atoms with E-state index < -0.39 is 0 Å². The van der Waals surface area contributed by atoms with Crippen LogP contribution in [0.5, 0.6) is 0 Å². The third-order valence-corrected chi connectivity index (χ3v) is 3.60. The van der Waals surface area contributed by atoms with Crippen LogP contribution in [0.3, 0.4) is 0 Å².